The summed E-state index contributed by atoms with van der Waals surface area (Å²) >= 11 is 0. The number of amides is 1. The highest BCUT2D eigenvalue weighted by molar-refractivity contribution is 5.87. The summed E-state index contributed by atoms with van der Waals surface area (Å²) in [5, 5.41) is 11.9. The Balaban J connectivity index is 2.23. The Labute approximate surface area is 109 Å². The summed E-state index contributed by atoms with van der Waals surface area (Å²) < 4.78 is 2.15. The summed E-state index contributed by atoms with van der Waals surface area (Å²) in [5.74, 6) is -1.04. The summed E-state index contributed by atoms with van der Waals surface area (Å²) in [6, 6.07) is -0.685. The van der Waals surface area contributed by atoms with Gasteiger partial charge in [0.15, 0.2) is 0 Å². The van der Waals surface area contributed by atoms with Crippen molar-refractivity contribution in [1.82, 2.24) is 14.5 Å². The second-order valence-electron chi connectivity index (χ2n) is 4.94. The molecule has 7 heteroatoms. The van der Waals surface area contributed by atoms with Gasteiger partial charge in [0, 0.05) is 19.4 Å². The van der Waals surface area contributed by atoms with Crippen LogP contribution in [0.3, 0.4) is 0 Å². The van der Waals surface area contributed by atoms with E-state index in [1.54, 1.807) is 0 Å². The lowest BCUT2D eigenvalue weighted by Gasteiger charge is -2.33. The molecule has 1 aromatic heterocycles. The van der Waals surface area contributed by atoms with E-state index in [0.29, 0.717) is 12.8 Å². The van der Waals surface area contributed by atoms with E-state index in [1.807, 2.05) is 0 Å². The number of carbonyl (C=O) groups excluding carboxylic acids is 1. The highest BCUT2D eigenvalue weighted by Crippen LogP contribution is 2.28. The number of aryl methyl sites for hydroxylation is 1. The first-order valence-corrected chi connectivity index (χ1v) is 6.26. The van der Waals surface area contributed by atoms with E-state index in [9.17, 15) is 19.5 Å². The quantitative estimate of drug-likeness (QED) is 0.817. The first-order chi connectivity index (χ1) is 8.96. The van der Waals surface area contributed by atoms with Gasteiger partial charge in [-0.05, 0) is 12.8 Å². The van der Waals surface area contributed by atoms with E-state index in [0.717, 1.165) is 23.8 Å². The van der Waals surface area contributed by atoms with E-state index < -0.39 is 23.2 Å². The van der Waals surface area contributed by atoms with Crippen LogP contribution in [0.5, 0.6) is 0 Å². The molecule has 1 saturated carbocycles. The molecule has 0 radical (unpaired) electrons. The number of carboxylic acid groups (broad SMARTS) is 1. The van der Waals surface area contributed by atoms with E-state index in [2.05, 4.69) is 5.32 Å². The van der Waals surface area contributed by atoms with Crippen LogP contribution in [0, 0.1) is 0 Å². The molecule has 0 atom stereocenters. The van der Waals surface area contributed by atoms with Crippen molar-refractivity contribution in [2.24, 2.45) is 7.05 Å². The van der Waals surface area contributed by atoms with Crippen LogP contribution in [0.25, 0.3) is 0 Å². The van der Waals surface area contributed by atoms with Crippen molar-refractivity contribution in [3.63, 3.8) is 0 Å². The second-order valence-corrected chi connectivity index (χ2v) is 4.94. The fourth-order valence-electron chi connectivity index (χ4n) is 2.43. The van der Waals surface area contributed by atoms with Crippen LogP contribution in [-0.4, -0.2) is 31.8 Å². The fourth-order valence-corrected chi connectivity index (χ4v) is 2.43. The van der Waals surface area contributed by atoms with Crippen molar-refractivity contribution in [1.29, 1.82) is 0 Å². The summed E-state index contributed by atoms with van der Waals surface area (Å²) in [7, 11) is 1.53. The number of aliphatic carboxylic acids is 1. The van der Waals surface area contributed by atoms with Gasteiger partial charge in [-0.1, -0.05) is 19.3 Å². The number of nitrogens with zero attached hydrogens (tertiary/aromatic N) is 2. The smallest absolute Gasteiger partial charge is 0.336 e. The van der Waals surface area contributed by atoms with Gasteiger partial charge in [-0.25, -0.2) is 19.0 Å². The number of aromatic nitrogens is 2. The fraction of sp³-hybridized carbons (Fsp3) is 0.583. The standard InChI is InChI=1S/C12H17N3O4/c1-14-7-8-15(11(14)19)10(18)13-12(9(16)17)5-3-2-4-6-12/h7-8H,2-6H2,1H3,(H,13,18)(H,16,17). The molecule has 0 aliphatic heterocycles. The molecule has 2 N–H and O–H groups in total. The molecule has 1 heterocycles. The lowest BCUT2D eigenvalue weighted by molar-refractivity contribution is -0.145. The molecule has 1 fully saturated rings. The van der Waals surface area contributed by atoms with Gasteiger partial charge in [0.2, 0.25) is 0 Å². The normalized spacial score (nSPS) is 17.9. The van der Waals surface area contributed by atoms with Gasteiger partial charge >= 0.3 is 17.7 Å². The van der Waals surface area contributed by atoms with Crippen molar-refractivity contribution in [3.05, 3.63) is 22.9 Å². The van der Waals surface area contributed by atoms with Crippen molar-refractivity contribution >= 4 is 12.0 Å². The lowest BCUT2D eigenvalue weighted by Crippen LogP contribution is -2.57. The summed E-state index contributed by atoms with van der Waals surface area (Å²) in [4.78, 5) is 35.1. The van der Waals surface area contributed by atoms with Crippen LogP contribution in [-0.2, 0) is 11.8 Å². The van der Waals surface area contributed by atoms with Gasteiger partial charge in [-0.2, -0.15) is 0 Å². The largest absolute Gasteiger partial charge is 0.480 e. The Kier molecular flexibility index (Phi) is 3.46. The molecule has 19 heavy (non-hydrogen) atoms. The van der Waals surface area contributed by atoms with Gasteiger partial charge in [-0.15, -0.1) is 0 Å². The van der Waals surface area contributed by atoms with Crippen LogP contribution < -0.4 is 11.0 Å². The molecule has 104 valence electrons. The average Bonchev–Trinajstić information content (AvgIpc) is 2.71. The molecule has 0 unspecified atom stereocenters. The molecule has 7 nitrogen and oxygen atoms in total. The molecule has 1 aromatic rings. The van der Waals surface area contributed by atoms with E-state index in [-0.39, 0.29) is 0 Å². The molecule has 1 amide bonds. The minimum atomic E-state index is -1.25. The van der Waals surface area contributed by atoms with Crippen LogP contribution >= 0.6 is 0 Å². The highest BCUT2D eigenvalue weighted by Gasteiger charge is 2.41. The van der Waals surface area contributed by atoms with Gasteiger partial charge in [0.05, 0.1) is 0 Å². The van der Waals surface area contributed by atoms with E-state index >= 15 is 0 Å². The maximum Gasteiger partial charge on any atom is 0.336 e. The number of carboxylic acids is 1. The molecule has 1 aliphatic rings. The Morgan fingerprint density at radius 1 is 1.26 bits per heavy atom. The van der Waals surface area contributed by atoms with Crippen LogP contribution in [0.4, 0.5) is 4.79 Å². The predicted molar refractivity (Wildman–Crippen MR) is 67.1 cm³/mol. The molecule has 2 rings (SSSR count). The third-order valence-electron chi connectivity index (χ3n) is 3.63. The first kappa shape index (κ1) is 13.4. The van der Waals surface area contributed by atoms with Gasteiger partial charge in [0.1, 0.15) is 5.54 Å². The zero-order valence-electron chi connectivity index (χ0n) is 10.8. The Morgan fingerprint density at radius 2 is 1.89 bits per heavy atom. The van der Waals surface area contributed by atoms with Crippen LogP contribution in [0.15, 0.2) is 17.2 Å². The SMILES string of the molecule is Cn1ccn(C(=O)NC2(C(=O)O)CCCCC2)c1=O. The first-order valence-electron chi connectivity index (χ1n) is 6.26. The third-order valence-corrected chi connectivity index (χ3v) is 3.63. The molecule has 0 saturated heterocycles. The minimum absolute atomic E-state index is 0.398. The monoisotopic (exact) mass is 267 g/mol. The van der Waals surface area contributed by atoms with Crippen molar-refractivity contribution in [3.8, 4) is 0 Å². The Hall–Kier alpha value is -2.05. The number of imidazole rings is 1. The van der Waals surface area contributed by atoms with Crippen LogP contribution in [0.2, 0.25) is 0 Å². The second kappa shape index (κ2) is 4.91. The summed E-state index contributed by atoms with van der Waals surface area (Å²) in [6.45, 7) is 0. The Bertz CT molecular complexity index is 552. The minimum Gasteiger partial charge on any atom is -0.480 e. The summed E-state index contributed by atoms with van der Waals surface area (Å²) in [5.41, 5.74) is -1.74. The van der Waals surface area contributed by atoms with Gasteiger partial charge < -0.3 is 15.0 Å². The highest BCUT2D eigenvalue weighted by atomic mass is 16.4. The molecule has 0 aromatic carbocycles. The zero-order chi connectivity index (χ0) is 14.0. The number of carbonyl (C=O) groups is 2. The number of rotatable bonds is 2. The zero-order valence-corrected chi connectivity index (χ0v) is 10.8. The molecular formula is C12H17N3O4. The average molecular weight is 267 g/mol. The van der Waals surface area contributed by atoms with Crippen molar-refractivity contribution < 1.29 is 14.7 Å². The molecular weight excluding hydrogens is 250 g/mol. The number of hydrogen-bond donors (Lipinski definition) is 2. The third kappa shape index (κ3) is 2.40. The predicted octanol–water partition coefficient (Wildman–Crippen LogP) is 0.532. The number of hydrogen-bond acceptors (Lipinski definition) is 3. The summed E-state index contributed by atoms with van der Waals surface area (Å²) in [6.07, 6.45) is 6.07. The van der Waals surface area contributed by atoms with Crippen molar-refractivity contribution in [2.45, 2.75) is 37.6 Å². The number of nitrogens with one attached hydrogen (secondary N) is 1. The van der Waals surface area contributed by atoms with Crippen molar-refractivity contribution in [2.75, 3.05) is 0 Å². The maximum absolute atomic E-state index is 12.0. The topological polar surface area (TPSA) is 93.3 Å². The molecule has 0 spiro atoms. The van der Waals surface area contributed by atoms with Gasteiger partial charge in [-0.3, -0.25) is 0 Å². The molecule has 1 aliphatic carbocycles. The van der Waals surface area contributed by atoms with E-state index in [1.165, 1.54) is 24.0 Å². The van der Waals surface area contributed by atoms with Gasteiger partial charge in [0.25, 0.3) is 0 Å². The van der Waals surface area contributed by atoms with Crippen LogP contribution in [0.1, 0.15) is 32.1 Å². The maximum atomic E-state index is 12.0. The Morgan fingerprint density at radius 3 is 2.37 bits per heavy atom. The molecule has 0 bridgehead atoms. The lowest BCUT2D eigenvalue weighted by atomic mass is 9.82. The van der Waals surface area contributed by atoms with E-state index in [4.69, 9.17) is 0 Å².